The van der Waals surface area contributed by atoms with Gasteiger partial charge in [0.1, 0.15) is 17.8 Å². The number of carbonyl (C=O) groups is 4. The SMILES string of the molecule is CC(C)C[C@H](NC(=O)[C@@H](NC(=O)c1cccc(-c2ccccc2)n1)[C@@H](C)O)B1OC(=O)[C@@H](CC(=O)NC(C)(C)C)O1. The molecule has 3 amide bonds. The Hall–Kier alpha value is -3.77. The van der Waals surface area contributed by atoms with Crippen molar-refractivity contribution < 1.29 is 33.6 Å². The van der Waals surface area contributed by atoms with Crippen LogP contribution in [0.15, 0.2) is 48.5 Å². The number of hydrogen-bond donors (Lipinski definition) is 4. The van der Waals surface area contributed by atoms with Crippen molar-refractivity contribution in [2.24, 2.45) is 5.92 Å². The topological polar surface area (TPSA) is 156 Å². The fraction of sp³-hybridized carbons (Fsp3) is 0.483. The van der Waals surface area contributed by atoms with Crippen LogP contribution in [0.1, 0.15) is 64.9 Å². The number of carbonyl (C=O) groups excluding carboxylic acids is 4. The lowest BCUT2D eigenvalue weighted by atomic mass is 9.74. The van der Waals surface area contributed by atoms with E-state index in [1.165, 1.54) is 13.0 Å². The molecule has 4 atom stereocenters. The Balaban J connectivity index is 1.70. The van der Waals surface area contributed by atoms with E-state index in [2.05, 4.69) is 20.9 Å². The summed E-state index contributed by atoms with van der Waals surface area (Å²) in [5.41, 5.74) is 1.00. The van der Waals surface area contributed by atoms with Gasteiger partial charge in [-0.05, 0) is 52.2 Å². The van der Waals surface area contributed by atoms with E-state index in [0.717, 1.165) is 5.56 Å². The van der Waals surface area contributed by atoms with Crippen LogP contribution in [0.3, 0.4) is 0 Å². The van der Waals surface area contributed by atoms with Gasteiger partial charge in [0.25, 0.3) is 5.91 Å². The predicted molar refractivity (Wildman–Crippen MR) is 153 cm³/mol. The molecule has 1 aliphatic rings. The Morgan fingerprint density at radius 3 is 2.32 bits per heavy atom. The van der Waals surface area contributed by atoms with Gasteiger partial charge in [0.05, 0.1) is 24.2 Å². The summed E-state index contributed by atoms with van der Waals surface area (Å²) in [7, 11) is -1.14. The molecule has 0 bridgehead atoms. The van der Waals surface area contributed by atoms with E-state index in [4.69, 9.17) is 9.31 Å². The second kappa shape index (κ2) is 13.7. The predicted octanol–water partition coefficient (Wildman–Crippen LogP) is 2.03. The molecule has 220 valence electrons. The van der Waals surface area contributed by atoms with Crippen LogP contribution in [0.5, 0.6) is 0 Å². The zero-order valence-corrected chi connectivity index (χ0v) is 24.3. The minimum absolute atomic E-state index is 0.0651. The first-order valence-electron chi connectivity index (χ1n) is 13.7. The Morgan fingerprint density at radius 2 is 1.71 bits per heavy atom. The van der Waals surface area contributed by atoms with Crippen molar-refractivity contribution in [1.29, 1.82) is 0 Å². The molecule has 0 radical (unpaired) electrons. The molecule has 0 aliphatic carbocycles. The lowest BCUT2D eigenvalue weighted by Gasteiger charge is -2.26. The Labute approximate surface area is 240 Å². The molecule has 1 aromatic heterocycles. The summed E-state index contributed by atoms with van der Waals surface area (Å²) < 4.78 is 11.2. The van der Waals surface area contributed by atoms with Crippen molar-refractivity contribution in [3.8, 4) is 11.3 Å². The van der Waals surface area contributed by atoms with Crippen molar-refractivity contribution in [3.05, 3.63) is 54.2 Å². The standard InChI is InChI=1S/C29H39BN4O7/c1-17(2)15-23(30-40-22(28(39)41-30)16-24(36)34-29(4,5)6)32-27(38)25(18(3)35)33-26(37)21-14-10-13-20(31-21)19-11-8-7-9-12-19/h7-14,17-18,22-23,25,35H,15-16H2,1-6H3,(H,32,38)(H,33,37)(H,34,36)/t18-,22-,23+,25+/m1/s1. The van der Waals surface area contributed by atoms with E-state index in [1.54, 1.807) is 12.1 Å². The summed E-state index contributed by atoms with van der Waals surface area (Å²) >= 11 is 0. The first-order chi connectivity index (χ1) is 19.2. The second-order valence-corrected chi connectivity index (χ2v) is 11.6. The third-order valence-corrected chi connectivity index (χ3v) is 6.16. The number of rotatable bonds is 11. The summed E-state index contributed by atoms with van der Waals surface area (Å²) in [4.78, 5) is 55.6. The van der Waals surface area contributed by atoms with Crippen molar-refractivity contribution in [3.63, 3.8) is 0 Å². The number of pyridine rings is 1. The van der Waals surface area contributed by atoms with Crippen LogP contribution in [0, 0.1) is 5.92 Å². The summed E-state index contributed by atoms with van der Waals surface area (Å²) in [6.07, 6.45) is -2.23. The number of nitrogens with zero attached hydrogens (tertiary/aromatic N) is 1. The maximum absolute atomic E-state index is 13.3. The third-order valence-electron chi connectivity index (χ3n) is 6.16. The first kappa shape index (κ1) is 31.8. The van der Waals surface area contributed by atoms with Gasteiger partial charge in [-0.15, -0.1) is 0 Å². The van der Waals surface area contributed by atoms with Crippen molar-refractivity contribution in [1.82, 2.24) is 20.9 Å². The lowest BCUT2D eigenvalue weighted by molar-refractivity contribution is -0.139. The highest BCUT2D eigenvalue weighted by Crippen LogP contribution is 2.21. The van der Waals surface area contributed by atoms with Crippen LogP contribution < -0.4 is 16.0 Å². The molecule has 11 nitrogen and oxygen atoms in total. The van der Waals surface area contributed by atoms with Gasteiger partial charge in [-0.2, -0.15) is 0 Å². The van der Waals surface area contributed by atoms with Gasteiger partial charge < -0.3 is 30.4 Å². The first-order valence-corrected chi connectivity index (χ1v) is 13.7. The fourth-order valence-corrected chi connectivity index (χ4v) is 4.35. The molecule has 0 saturated carbocycles. The molecular formula is C29H39BN4O7. The highest BCUT2D eigenvalue weighted by molar-refractivity contribution is 6.51. The van der Waals surface area contributed by atoms with Crippen molar-refractivity contribution in [2.45, 2.75) is 84.1 Å². The van der Waals surface area contributed by atoms with Gasteiger partial charge >= 0.3 is 13.1 Å². The largest absolute Gasteiger partial charge is 0.552 e. The highest BCUT2D eigenvalue weighted by Gasteiger charge is 2.47. The minimum Gasteiger partial charge on any atom is -0.506 e. The average molecular weight is 566 g/mol. The zero-order chi connectivity index (χ0) is 30.3. The molecule has 1 saturated heterocycles. The smallest absolute Gasteiger partial charge is 0.506 e. The molecule has 1 fully saturated rings. The molecule has 1 aromatic carbocycles. The molecule has 1 aliphatic heterocycles. The van der Waals surface area contributed by atoms with Crippen LogP contribution in [-0.4, -0.2) is 70.6 Å². The summed E-state index contributed by atoms with van der Waals surface area (Å²) in [6, 6.07) is 13.0. The molecule has 12 heteroatoms. The van der Waals surface area contributed by atoms with Crippen molar-refractivity contribution in [2.75, 3.05) is 0 Å². The second-order valence-electron chi connectivity index (χ2n) is 11.6. The average Bonchev–Trinajstić information content (AvgIpc) is 3.25. The maximum atomic E-state index is 13.3. The lowest BCUT2D eigenvalue weighted by Crippen LogP contribution is -2.57. The zero-order valence-electron chi connectivity index (χ0n) is 24.3. The van der Waals surface area contributed by atoms with Gasteiger partial charge in [0.2, 0.25) is 11.8 Å². The third kappa shape index (κ3) is 9.39. The number of aliphatic hydroxyl groups is 1. The van der Waals surface area contributed by atoms with Gasteiger partial charge in [0, 0.05) is 11.1 Å². The van der Waals surface area contributed by atoms with E-state index < -0.39 is 54.6 Å². The van der Waals surface area contributed by atoms with Crippen LogP contribution in [0.2, 0.25) is 0 Å². The van der Waals surface area contributed by atoms with E-state index in [1.807, 2.05) is 65.0 Å². The monoisotopic (exact) mass is 566 g/mol. The Morgan fingerprint density at radius 1 is 1.02 bits per heavy atom. The number of hydrogen-bond acceptors (Lipinski definition) is 8. The summed E-state index contributed by atoms with van der Waals surface area (Å²) in [5.74, 6) is -3.13. The Kier molecular flexibility index (Phi) is 10.6. The molecular weight excluding hydrogens is 527 g/mol. The summed E-state index contributed by atoms with van der Waals surface area (Å²) in [5, 5.41) is 18.5. The number of aliphatic hydroxyl groups excluding tert-OH is 1. The van der Waals surface area contributed by atoms with E-state index in [9.17, 15) is 24.3 Å². The van der Waals surface area contributed by atoms with E-state index in [0.29, 0.717) is 12.1 Å². The summed E-state index contributed by atoms with van der Waals surface area (Å²) in [6.45, 7) is 10.7. The van der Waals surface area contributed by atoms with Crippen LogP contribution in [0.25, 0.3) is 11.3 Å². The quantitative estimate of drug-likeness (QED) is 0.301. The number of amides is 3. The van der Waals surface area contributed by atoms with Crippen LogP contribution in [0.4, 0.5) is 0 Å². The van der Waals surface area contributed by atoms with Gasteiger partial charge in [0.15, 0.2) is 0 Å². The van der Waals surface area contributed by atoms with Crippen molar-refractivity contribution >= 4 is 30.8 Å². The maximum Gasteiger partial charge on any atom is 0.552 e. The van der Waals surface area contributed by atoms with Crippen LogP contribution in [-0.2, 0) is 23.7 Å². The van der Waals surface area contributed by atoms with Gasteiger partial charge in [-0.25, -0.2) is 4.98 Å². The normalized spacial score (nSPS) is 17.4. The van der Waals surface area contributed by atoms with E-state index in [-0.39, 0.29) is 23.9 Å². The number of nitrogens with one attached hydrogen (secondary N) is 3. The molecule has 2 aromatic rings. The van der Waals surface area contributed by atoms with Gasteiger partial charge in [-0.3, -0.25) is 19.2 Å². The van der Waals surface area contributed by atoms with E-state index >= 15 is 0 Å². The van der Waals surface area contributed by atoms with Gasteiger partial charge in [-0.1, -0.05) is 50.2 Å². The molecule has 0 unspecified atom stereocenters. The molecule has 2 heterocycles. The molecule has 41 heavy (non-hydrogen) atoms. The van der Waals surface area contributed by atoms with Crippen LogP contribution >= 0.6 is 0 Å². The Bertz CT molecular complexity index is 1230. The highest BCUT2D eigenvalue weighted by atomic mass is 16.7. The molecule has 0 spiro atoms. The molecule has 3 rings (SSSR count). The number of aromatic nitrogens is 1. The number of benzene rings is 1. The fourth-order valence-electron chi connectivity index (χ4n) is 4.35. The molecule has 4 N–H and O–H groups in total. The minimum atomic E-state index is -1.33.